The predicted octanol–water partition coefficient (Wildman–Crippen LogP) is 0.849. The van der Waals surface area contributed by atoms with Crippen LogP contribution in [0.3, 0.4) is 0 Å². The van der Waals surface area contributed by atoms with E-state index in [2.05, 4.69) is 5.32 Å². The molecule has 0 aliphatic carbocycles. The first kappa shape index (κ1) is 13.0. The molecule has 0 aliphatic heterocycles. The minimum absolute atomic E-state index is 0.0371. The first-order valence-electron chi connectivity index (χ1n) is 4.92. The monoisotopic (exact) mass is 241 g/mol. The summed E-state index contributed by atoms with van der Waals surface area (Å²) in [5.74, 6) is -1.14. The van der Waals surface area contributed by atoms with Gasteiger partial charge in [-0.05, 0) is 24.3 Å². The van der Waals surface area contributed by atoms with E-state index in [1.807, 2.05) is 0 Å². The van der Waals surface area contributed by atoms with Crippen molar-refractivity contribution >= 4 is 11.9 Å². The first-order valence-corrected chi connectivity index (χ1v) is 4.92. The van der Waals surface area contributed by atoms with Gasteiger partial charge in [-0.15, -0.1) is 0 Å². The molecule has 0 aromatic heterocycles. The third-order valence-electron chi connectivity index (χ3n) is 1.86. The Bertz CT molecular complexity index is 391. The van der Waals surface area contributed by atoms with Crippen LogP contribution in [0, 0.1) is 0 Å². The Kier molecular flexibility index (Phi) is 4.93. The molecule has 2 N–H and O–H groups in total. The van der Waals surface area contributed by atoms with Crippen molar-refractivity contribution in [2.24, 2.45) is 0 Å². The number of hydrogen-bond donors (Lipinski definition) is 2. The number of hydrogen-bond acceptors (Lipinski definition) is 3. The van der Waals surface area contributed by atoms with Crippen LogP contribution in [-0.4, -0.2) is 36.8 Å². The number of carbonyl (C=O) groups excluding carboxylic acids is 1. The Morgan fingerprint density at radius 3 is 2.47 bits per heavy atom. The Morgan fingerprint density at radius 1 is 1.29 bits per heavy atom. The van der Waals surface area contributed by atoms with Gasteiger partial charge in [-0.25, -0.2) is 4.39 Å². The van der Waals surface area contributed by atoms with Gasteiger partial charge in [0.05, 0.1) is 0 Å². The van der Waals surface area contributed by atoms with E-state index in [4.69, 9.17) is 9.84 Å². The van der Waals surface area contributed by atoms with Gasteiger partial charge in [0.25, 0.3) is 5.91 Å². The summed E-state index contributed by atoms with van der Waals surface area (Å²) in [6.45, 7) is -1.05. The van der Waals surface area contributed by atoms with Crippen molar-refractivity contribution in [3.63, 3.8) is 0 Å². The van der Waals surface area contributed by atoms with Crippen molar-refractivity contribution in [3.05, 3.63) is 29.8 Å². The van der Waals surface area contributed by atoms with E-state index in [9.17, 15) is 14.0 Å². The summed E-state index contributed by atoms with van der Waals surface area (Å²) in [4.78, 5) is 21.6. The average Bonchev–Trinajstić information content (AvgIpc) is 2.34. The number of rotatable bonds is 6. The van der Waals surface area contributed by atoms with Gasteiger partial charge in [0, 0.05) is 5.56 Å². The van der Waals surface area contributed by atoms with Crippen molar-refractivity contribution in [3.8, 4) is 5.75 Å². The zero-order chi connectivity index (χ0) is 12.7. The Hall–Kier alpha value is -2.11. The van der Waals surface area contributed by atoms with E-state index in [1.165, 1.54) is 24.3 Å². The molecule has 6 heteroatoms. The highest BCUT2D eigenvalue weighted by atomic mass is 19.1. The molecule has 1 aromatic rings. The summed E-state index contributed by atoms with van der Waals surface area (Å²) < 4.78 is 16.8. The third kappa shape index (κ3) is 4.50. The van der Waals surface area contributed by atoms with Crippen LogP contribution < -0.4 is 10.1 Å². The number of carboxylic acid groups (broad SMARTS) is 1. The predicted molar refractivity (Wildman–Crippen MR) is 57.9 cm³/mol. The number of aliphatic carboxylic acids is 1. The lowest BCUT2D eigenvalue weighted by Crippen LogP contribution is -2.29. The molecule has 1 rings (SSSR count). The number of halogens is 1. The average molecular weight is 241 g/mol. The molecule has 0 saturated carbocycles. The lowest BCUT2D eigenvalue weighted by Gasteiger charge is -2.05. The lowest BCUT2D eigenvalue weighted by atomic mass is 10.2. The number of amides is 1. The summed E-state index contributed by atoms with van der Waals surface area (Å²) in [6, 6.07) is 5.99. The number of ether oxygens (including phenoxy) is 1. The van der Waals surface area contributed by atoms with Crippen LogP contribution in [0.25, 0.3) is 0 Å². The highest BCUT2D eigenvalue weighted by molar-refractivity contribution is 5.95. The number of benzene rings is 1. The molecule has 92 valence electrons. The van der Waals surface area contributed by atoms with Gasteiger partial charge in [0.1, 0.15) is 25.6 Å². The van der Waals surface area contributed by atoms with Crippen molar-refractivity contribution in [2.75, 3.05) is 19.8 Å². The van der Waals surface area contributed by atoms with Crippen LogP contribution >= 0.6 is 0 Å². The van der Waals surface area contributed by atoms with E-state index >= 15 is 0 Å². The molecule has 0 atom stereocenters. The van der Waals surface area contributed by atoms with Crippen molar-refractivity contribution < 1.29 is 23.8 Å². The van der Waals surface area contributed by atoms with Crippen LogP contribution in [0.1, 0.15) is 10.4 Å². The van der Waals surface area contributed by atoms with Gasteiger partial charge < -0.3 is 15.2 Å². The zero-order valence-corrected chi connectivity index (χ0v) is 8.98. The molecule has 0 saturated heterocycles. The van der Waals surface area contributed by atoms with Crippen LogP contribution in [0.5, 0.6) is 5.75 Å². The molecule has 0 aliphatic rings. The quantitative estimate of drug-likeness (QED) is 0.774. The summed E-state index contributed by atoms with van der Waals surface area (Å²) in [5, 5.41) is 10.6. The minimum atomic E-state index is -1.11. The molecule has 0 radical (unpaired) electrons. The fourth-order valence-corrected chi connectivity index (χ4v) is 1.12. The fourth-order valence-electron chi connectivity index (χ4n) is 1.12. The molecule has 1 aromatic carbocycles. The van der Waals surface area contributed by atoms with E-state index in [-0.39, 0.29) is 6.61 Å². The van der Waals surface area contributed by atoms with E-state index in [1.54, 1.807) is 0 Å². The third-order valence-corrected chi connectivity index (χ3v) is 1.86. The van der Waals surface area contributed by atoms with Gasteiger partial charge in [0.15, 0.2) is 0 Å². The van der Waals surface area contributed by atoms with Crippen molar-refractivity contribution in [1.29, 1.82) is 0 Å². The van der Waals surface area contributed by atoms with E-state index in [0.29, 0.717) is 11.3 Å². The molecule has 0 unspecified atom stereocenters. The van der Waals surface area contributed by atoms with E-state index < -0.39 is 25.1 Å². The summed E-state index contributed by atoms with van der Waals surface area (Å²) in [5.41, 5.74) is 0.318. The smallest absolute Gasteiger partial charge is 0.322 e. The van der Waals surface area contributed by atoms with Crippen LogP contribution in [0.4, 0.5) is 4.39 Å². The number of nitrogens with one attached hydrogen (secondary N) is 1. The standard InChI is InChI=1S/C11H12FNO4/c12-5-6-17-9-3-1-8(2-4-9)11(16)13-7-10(14)15/h1-4H,5-7H2,(H,13,16)(H,14,15). The molecule has 0 heterocycles. The Balaban J connectivity index is 2.54. The topological polar surface area (TPSA) is 75.6 Å². The van der Waals surface area contributed by atoms with Crippen LogP contribution in [0.15, 0.2) is 24.3 Å². The number of carboxylic acids is 1. The Labute approximate surface area is 97.2 Å². The van der Waals surface area contributed by atoms with Crippen LogP contribution in [0.2, 0.25) is 0 Å². The molecule has 1 amide bonds. The Morgan fingerprint density at radius 2 is 1.94 bits per heavy atom. The maximum absolute atomic E-state index is 11.8. The molecule has 5 nitrogen and oxygen atoms in total. The minimum Gasteiger partial charge on any atom is -0.491 e. The van der Waals surface area contributed by atoms with E-state index in [0.717, 1.165) is 0 Å². The maximum Gasteiger partial charge on any atom is 0.322 e. The largest absolute Gasteiger partial charge is 0.491 e. The SMILES string of the molecule is O=C(O)CNC(=O)c1ccc(OCCF)cc1. The molecule has 0 spiro atoms. The highest BCUT2D eigenvalue weighted by Crippen LogP contribution is 2.11. The lowest BCUT2D eigenvalue weighted by molar-refractivity contribution is -0.135. The molecular weight excluding hydrogens is 229 g/mol. The van der Waals surface area contributed by atoms with Gasteiger partial charge in [-0.2, -0.15) is 0 Å². The summed E-state index contributed by atoms with van der Waals surface area (Å²) in [6.07, 6.45) is 0. The molecule has 0 fully saturated rings. The fraction of sp³-hybridized carbons (Fsp3) is 0.273. The van der Waals surface area contributed by atoms with Gasteiger partial charge in [-0.1, -0.05) is 0 Å². The highest BCUT2D eigenvalue weighted by Gasteiger charge is 2.06. The number of carbonyl (C=O) groups is 2. The molecule has 17 heavy (non-hydrogen) atoms. The van der Waals surface area contributed by atoms with Gasteiger partial charge >= 0.3 is 5.97 Å². The summed E-state index contributed by atoms with van der Waals surface area (Å²) in [7, 11) is 0. The summed E-state index contributed by atoms with van der Waals surface area (Å²) >= 11 is 0. The number of alkyl halides is 1. The zero-order valence-electron chi connectivity index (χ0n) is 8.98. The first-order chi connectivity index (χ1) is 8.13. The van der Waals surface area contributed by atoms with Crippen molar-refractivity contribution in [1.82, 2.24) is 5.32 Å². The second kappa shape index (κ2) is 6.47. The van der Waals surface area contributed by atoms with Gasteiger partial charge in [0.2, 0.25) is 0 Å². The van der Waals surface area contributed by atoms with Crippen LogP contribution in [-0.2, 0) is 4.79 Å². The molecule has 0 bridgehead atoms. The van der Waals surface area contributed by atoms with Crippen molar-refractivity contribution in [2.45, 2.75) is 0 Å². The maximum atomic E-state index is 11.8. The van der Waals surface area contributed by atoms with Gasteiger partial charge in [-0.3, -0.25) is 9.59 Å². The molecular formula is C11H12FNO4. The second-order valence-corrected chi connectivity index (χ2v) is 3.14. The normalized spacial score (nSPS) is 9.71. The second-order valence-electron chi connectivity index (χ2n) is 3.14.